The van der Waals surface area contributed by atoms with Gasteiger partial charge >= 0.3 is 0 Å². The van der Waals surface area contributed by atoms with Crippen molar-refractivity contribution < 1.29 is 38.2 Å². The molecular formula is C39H47N11O8. The van der Waals surface area contributed by atoms with Crippen LogP contribution >= 0.6 is 0 Å². The van der Waals surface area contributed by atoms with E-state index in [4.69, 9.17) is 25.7 Å². The van der Waals surface area contributed by atoms with Crippen molar-refractivity contribution in [3.63, 3.8) is 0 Å². The smallest absolute Gasteiger partial charge is 0.273 e. The number of carbonyl (C=O) groups is 5. The number of ether oxygens (including phenoxy) is 3. The van der Waals surface area contributed by atoms with E-state index < -0.39 is 35.6 Å². The average Bonchev–Trinajstić information content (AvgIpc) is 3.74. The number of aromatic nitrogens is 4. The van der Waals surface area contributed by atoms with E-state index in [0.29, 0.717) is 58.4 Å². The maximum Gasteiger partial charge on any atom is 0.273 e. The van der Waals surface area contributed by atoms with Crippen molar-refractivity contribution in [2.45, 2.75) is 63.2 Å². The topological polar surface area (TPSA) is 260 Å². The molecule has 58 heavy (non-hydrogen) atoms. The second-order valence-electron chi connectivity index (χ2n) is 14.2. The SMILES string of the molecule is NC(=O)c1nnc(NC2CCCC[C@@H]2N)nc1Nc1cccc2c1ccn2CCOCCOCCOCCNc1cccc2c1C(=O)N(C1CCC(=O)NC1=O)C2=O. The molecule has 19 heteroatoms. The number of primary amides is 1. The summed E-state index contributed by atoms with van der Waals surface area (Å²) in [5.41, 5.74) is 14.4. The van der Waals surface area contributed by atoms with Crippen molar-refractivity contribution in [1.29, 1.82) is 0 Å². The minimum atomic E-state index is -1.02. The second-order valence-corrected chi connectivity index (χ2v) is 14.2. The lowest BCUT2D eigenvalue weighted by molar-refractivity contribution is -0.136. The molecule has 306 valence electrons. The van der Waals surface area contributed by atoms with Gasteiger partial charge in [-0.25, -0.2) is 0 Å². The van der Waals surface area contributed by atoms with Gasteiger partial charge in [-0.1, -0.05) is 25.0 Å². The van der Waals surface area contributed by atoms with Crippen molar-refractivity contribution in [2.24, 2.45) is 11.5 Å². The van der Waals surface area contributed by atoms with Gasteiger partial charge in [-0.05, 0) is 49.6 Å². The summed E-state index contributed by atoms with van der Waals surface area (Å²) in [5.74, 6) is -2.47. The van der Waals surface area contributed by atoms with Crippen LogP contribution < -0.4 is 32.7 Å². The lowest BCUT2D eigenvalue weighted by atomic mass is 9.91. The van der Waals surface area contributed by atoms with Crippen LogP contribution in [-0.2, 0) is 30.3 Å². The first-order chi connectivity index (χ1) is 28.2. The third-order valence-electron chi connectivity index (χ3n) is 10.4. The number of hydrogen-bond donors (Lipinski definition) is 6. The normalized spacial score (nSPS) is 19.3. The molecule has 0 bridgehead atoms. The minimum Gasteiger partial charge on any atom is -0.382 e. The Labute approximate surface area is 333 Å². The van der Waals surface area contributed by atoms with Gasteiger partial charge in [0.2, 0.25) is 17.8 Å². The Morgan fingerprint density at radius 1 is 0.862 bits per heavy atom. The first-order valence-corrected chi connectivity index (χ1v) is 19.4. The summed E-state index contributed by atoms with van der Waals surface area (Å²) in [7, 11) is 0. The number of imide groups is 2. The Morgan fingerprint density at radius 2 is 1.60 bits per heavy atom. The molecule has 2 fully saturated rings. The summed E-state index contributed by atoms with van der Waals surface area (Å²) < 4.78 is 19.2. The van der Waals surface area contributed by atoms with Crippen LogP contribution in [0.2, 0.25) is 0 Å². The molecule has 2 aliphatic heterocycles. The summed E-state index contributed by atoms with van der Waals surface area (Å²) >= 11 is 0. The van der Waals surface area contributed by atoms with Gasteiger partial charge < -0.3 is 46.2 Å². The highest BCUT2D eigenvalue weighted by Crippen LogP contribution is 2.33. The zero-order valence-electron chi connectivity index (χ0n) is 31.9. The fourth-order valence-electron chi connectivity index (χ4n) is 7.42. The standard InChI is InChI=1S/C39H47N11O8/c40-25-6-1-2-7-27(25)44-39-46-35(33(34(41)52)47-48-39)43-26-8-4-10-29-23(26)13-15-49(29)16-18-57-20-22-58-21-19-56-17-14-42-28-9-3-5-24-32(28)38(55)50(37(24)54)30-11-12-31(51)45-36(30)53/h3-5,8-10,13,15,25,27,30,42H,1-2,6-7,11-12,14,16-22,40H2,(H2,41,52)(H,45,51,53)(H2,43,44,46,48)/t25-,27?,30?/m0/s1. The van der Waals surface area contributed by atoms with Gasteiger partial charge in [0.25, 0.3) is 17.7 Å². The van der Waals surface area contributed by atoms with Gasteiger partial charge in [-0.2, -0.15) is 4.98 Å². The lowest BCUT2D eigenvalue weighted by Crippen LogP contribution is -2.54. The first-order valence-electron chi connectivity index (χ1n) is 19.4. The molecule has 19 nitrogen and oxygen atoms in total. The molecule has 1 saturated carbocycles. The Balaban J connectivity index is 0.804. The molecule has 8 N–H and O–H groups in total. The van der Waals surface area contributed by atoms with E-state index in [9.17, 15) is 24.0 Å². The molecule has 0 radical (unpaired) electrons. The maximum absolute atomic E-state index is 13.2. The third kappa shape index (κ3) is 9.07. The molecule has 2 aromatic carbocycles. The molecule has 7 rings (SSSR count). The van der Waals surface area contributed by atoms with Gasteiger partial charge in [0.15, 0.2) is 11.5 Å². The molecule has 2 unspecified atom stereocenters. The lowest BCUT2D eigenvalue weighted by Gasteiger charge is -2.29. The summed E-state index contributed by atoms with van der Waals surface area (Å²) in [6.07, 6.45) is 6.08. The van der Waals surface area contributed by atoms with E-state index in [1.807, 2.05) is 30.5 Å². The van der Waals surface area contributed by atoms with Gasteiger partial charge in [-0.3, -0.25) is 34.2 Å². The Bertz CT molecular complexity index is 2180. The van der Waals surface area contributed by atoms with Crippen LogP contribution in [0.15, 0.2) is 48.7 Å². The zero-order chi connectivity index (χ0) is 40.6. The highest BCUT2D eigenvalue weighted by Gasteiger charge is 2.45. The summed E-state index contributed by atoms with van der Waals surface area (Å²) in [6.45, 7) is 3.23. The van der Waals surface area contributed by atoms with Crippen molar-refractivity contribution >= 4 is 63.6 Å². The number of amides is 5. The molecule has 4 aromatic rings. The highest BCUT2D eigenvalue weighted by molar-refractivity contribution is 6.25. The van der Waals surface area contributed by atoms with Crippen molar-refractivity contribution in [2.75, 3.05) is 62.1 Å². The molecule has 5 amide bonds. The van der Waals surface area contributed by atoms with Gasteiger partial charge in [0.1, 0.15) is 6.04 Å². The van der Waals surface area contributed by atoms with Crippen LogP contribution in [0, 0.1) is 0 Å². The van der Waals surface area contributed by atoms with Crippen LogP contribution in [0.4, 0.5) is 23.1 Å². The molecule has 3 atom stereocenters. The predicted molar refractivity (Wildman–Crippen MR) is 211 cm³/mol. The first kappa shape index (κ1) is 40.2. The fourth-order valence-corrected chi connectivity index (χ4v) is 7.42. The number of fused-ring (bicyclic) bond motifs is 2. The summed E-state index contributed by atoms with van der Waals surface area (Å²) in [4.78, 5) is 67.9. The van der Waals surface area contributed by atoms with Crippen LogP contribution in [0.5, 0.6) is 0 Å². The number of nitrogens with zero attached hydrogens (tertiary/aromatic N) is 5. The molecule has 2 aromatic heterocycles. The van der Waals surface area contributed by atoms with Crippen molar-refractivity contribution in [3.05, 3.63) is 65.5 Å². The van der Waals surface area contributed by atoms with Crippen LogP contribution in [0.1, 0.15) is 69.7 Å². The van der Waals surface area contributed by atoms with E-state index in [-0.39, 0.29) is 53.5 Å². The number of piperidine rings is 1. The molecule has 1 saturated heterocycles. The molecule has 1 aliphatic carbocycles. The number of hydrogen-bond acceptors (Lipinski definition) is 15. The molecule has 4 heterocycles. The number of benzene rings is 2. The van der Waals surface area contributed by atoms with E-state index in [2.05, 4.69) is 41.0 Å². The van der Waals surface area contributed by atoms with Gasteiger partial charge in [-0.15, -0.1) is 10.2 Å². The number of carbonyl (C=O) groups excluding carboxylic acids is 5. The fraction of sp³-hybridized carbons (Fsp3) is 0.436. The summed E-state index contributed by atoms with van der Waals surface area (Å²) in [5, 5.41) is 20.9. The van der Waals surface area contributed by atoms with Crippen molar-refractivity contribution in [1.82, 2.24) is 30.0 Å². The number of nitrogens with two attached hydrogens (primary N) is 2. The quantitative estimate of drug-likeness (QED) is 0.0585. The van der Waals surface area contributed by atoms with Crippen LogP contribution in [-0.4, -0.2) is 118 Å². The predicted octanol–water partition coefficient (Wildman–Crippen LogP) is 1.91. The highest BCUT2D eigenvalue weighted by atomic mass is 16.5. The van der Waals surface area contributed by atoms with Gasteiger partial charge in [0, 0.05) is 54.6 Å². The Kier molecular flexibility index (Phi) is 12.8. The largest absolute Gasteiger partial charge is 0.382 e. The minimum absolute atomic E-state index is 0.0151. The van der Waals surface area contributed by atoms with E-state index in [1.165, 1.54) is 0 Å². The number of anilines is 4. The van der Waals surface area contributed by atoms with E-state index in [0.717, 1.165) is 47.2 Å². The monoisotopic (exact) mass is 797 g/mol. The number of nitrogens with one attached hydrogen (secondary N) is 4. The molecule has 0 spiro atoms. The van der Waals surface area contributed by atoms with Crippen LogP contribution in [0.3, 0.4) is 0 Å². The molecule has 3 aliphatic rings. The van der Waals surface area contributed by atoms with Crippen LogP contribution in [0.25, 0.3) is 10.9 Å². The van der Waals surface area contributed by atoms with Crippen molar-refractivity contribution in [3.8, 4) is 0 Å². The Morgan fingerprint density at radius 3 is 2.38 bits per heavy atom. The number of rotatable bonds is 19. The zero-order valence-corrected chi connectivity index (χ0v) is 31.9. The van der Waals surface area contributed by atoms with E-state index >= 15 is 0 Å². The third-order valence-corrected chi connectivity index (χ3v) is 10.4. The Hall–Kier alpha value is -6.02. The van der Waals surface area contributed by atoms with Gasteiger partial charge in [0.05, 0.1) is 56.3 Å². The van der Waals surface area contributed by atoms with E-state index in [1.54, 1.807) is 18.2 Å². The second kappa shape index (κ2) is 18.5. The average molecular weight is 798 g/mol. The molecular weight excluding hydrogens is 750 g/mol. The maximum atomic E-state index is 13.2. The summed E-state index contributed by atoms with van der Waals surface area (Å²) in [6, 6.07) is 11.6.